The topological polar surface area (TPSA) is 78.8 Å². The highest BCUT2D eigenvalue weighted by Gasteiger charge is 2.33. The van der Waals surface area contributed by atoms with Crippen molar-refractivity contribution in [3.63, 3.8) is 0 Å². The number of anilines is 2. The first-order chi connectivity index (χ1) is 13.8. The smallest absolute Gasteiger partial charge is 0.286 e. The van der Waals surface area contributed by atoms with Crippen molar-refractivity contribution in [2.75, 3.05) is 16.8 Å². The van der Waals surface area contributed by atoms with Gasteiger partial charge in [-0.05, 0) is 43.2 Å². The summed E-state index contributed by atoms with van der Waals surface area (Å²) < 4.78 is 29.5. The van der Waals surface area contributed by atoms with Gasteiger partial charge in [-0.2, -0.15) is 8.42 Å². The van der Waals surface area contributed by atoms with Crippen LogP contribution in [0.3, 0.4) is 0 Å². The monoisotopic (exact) mass is 471 g/mol. The first-order valence-corrected chi connectivity index (χ1v) is 11.5. The summed E-state index contributed by atoms with van der Waals surface area (Å²) in [5.74, 6) is -0.0314. The molecule has 1 saturated heterocycles. The van der Waals surface area contributed by atoms with E-state index in [1.807, 2.05) is 4.90 Å². The van der Waals surface area contributed by atoms with Crippen LogP contribution in [0.2, 0.25) is 15.1 Å². The summed E-state index contributed by atoms with van der Waals surface area (Å²) in [4.78, 5) is 14.6. The van der Waals surface area contributed by atoms with Crippen molar-refractivity contribution in [2.24, 2.45) is 4.40 Å². The van der Waals surface area contributed by atoms with E-state index in [-0.39, 0.29) is 20.5 Å². The van der Waals surface area contributed by atoms with Gasteiger partial charge in [0.2, 0.25) is 0 Å². The van der Waals surface area contributed by atoms with Crippen molar-refractivity contribution in [2.45, 2.75) is 30.6 Å². The maximum Gasteiger partial charge on any atom is 0.286 e. The van der Waals surface area contributed by atoms with Crippen LogP contribution in [0, 0.1) is 0 Å². The van der Waals surface area contributed by atoms with Crippen LogP contribution in [0.15, 0.2) is 39.6 Å². The molecular formula is C19H16Cl3N3O3S. The number of benzene rings is 2. The van der Waals surface area contributed by atoms with E-state index in [2.05, 4.69) is 9.71 Å². The van der Waals surface area contributed by atoms with Crippen molar-refractivity contribution in [1.82, 2.24) is 0 Å². The van der Waals surface area contributed by atoms with Crippen LogP contribution in [0.5, 0.6) is 0 Å². The Hall–Kier alpha value is -1.80. The third kappa shape index (κ3) is 3.97. The van der Waals surface area contributed by atoms with Gasteiger partial charge < -0.3 is 10.2 Å². The van der Waals surface area contributed by atoms with Gasteiger partial charge in [-0.25, -0.2) is 0 Å². The Bertz CT molecular complexity index is 1150. The minimum absolute atomic E-state index is 0.0214. The van der Waals surface area contributed by atoms with Gasteiger partial charge in [-0.3, -0.25) is 4.79 Å². The van der Waals surface area contributed by atoms with Crippen molar-refractivity contribution >= 4 is 67.9 Å². The number of hydrogen-bond donors (Lipinski definition) is 1. The molecule has 1 amide bonds. The molecule has 6 nitrogen and oxygen atoms in total. The fourth-order valence-corrected chi connectivity index (χ4v) is 5.25. The molecule has 2 aliphatic heterocycles. The number of amides is 1. The van der Waals surface area contributed by atoms with E-state index in [1.165, 1.54) is 18.2 Å². The zero-order valence-electron chi connectivity index (χ0n) is 15.1. The standard InChI is InChI=1S/C19H16Cl3N3O3S/c20-13-6-5-11(8-15(13)22)23-19(26)12-9-17-16(10-14(12)21)25-7-3-1-2-4-18(25)24-29(17,27)28/h5-6,8-10H,1-4,7H2,(H,23,26). The van der Waals surface area contributed by atoms with E-state index in [0.717, 1.165) is 19.3 Å². The van der Waals surface area contributed by atoms with E-state index < -0.39 is 15.9 Å². The Morgan fingerprint density at radius 2 is 1.79 bits per heavy atom. The van der Waals surface area contributed by atoms with Crippen LogP contribution in [0.25, 0.3) is 0 Å². The van der Waals surface area contributed by atoms with Gasteiger partial charge in [0.1, 0.15) is 10.7 Å². The summed E-state index contributed by atoms with van der Waals surface area (Å²) in [6, 6.07) is 7.44. The summed E-state index contributed by atoms with van der Waals surface area (Å²) >= 11 is 18.2. The quantitative estimate of drug-likeness (QED) is 0.636. The highest BCUT2D eigenvalue weighted by atomic mass is 35.5. The number of halogens is 3. The minimum atomic E-state index is -3.92. The Morgan fingerprint density at radius 3 is 2.55 bits per heavy atom. The predicted molar refractivity (Wildman–Crippen MR) is 116 cm³/mol. The van der Waals surface area contributed by atoms with Gasteiger partial charge in [0, 0.05) is 18.7 Å². The molecule has 29 heavy (non-hydrogen) atoms. The maximum atomic E-state index is 12.7. The van der Waals surface area contributed by atoms with Crippen molar-refractivity contribution in [3.8, 4) is 0 Å². The number of hydrogen-bond acceptors (Lipinski definition) is 4. The number of nitrogens with zero attached hydrogens (tertiary/aromatic N) is 2. The number of carbonyl (C=O) groups excluding carboxylic acids is 1. The van der Waals surface area contributed by atoms with Crippen LogP contribution in [0.1, 0.15) is 36.0 Å². The molecule has 2 aromatic rings. The van der Waals surface area contributed by atoms with Gasteiger partial charge in [0.15, 0.2) is 0 Å². The number of carbonyl (C=O) groups is 1. The zero-order valence-corrected chi connectivity index (χ0v) is 18.2. The van der Waals surface area contributed by atoms with E-state index in [9.17, 15) is 13.2 Å². The molecule has 4 rings (SSSR count). The summed E-state index contributed by atoms with van der Waals surface area (Å²) in [5, 5.41) is 3.45. The Morgan fingerprint density at radius 1 is 1.00 bits per heavy atom. The lowest BCUT2D eigenvalue weighted by Crippen LogP contribution is -2.35. The van der Waals surface area contributed by atoms with Crippen LogP contribution in [-0.2, 0) is 10.0 Å². The Kier molecular flexibility index (Phi) is 5.50. The fourth-order valence-electron chi connectivity index (χ4n) is 3.44. The molecular weight excluding hydrogens is 457 g/mol. The molecule has 2 aliphatic rings. The Labute approximate surface area is 183 Å². The van der Waals surface area contributed by atoms with Gasteiger partial charge in [0.25, 0.3) is 15.9 Å². The van der Waals surface area contributed by atoms with Crippen molar-refractivity contribution < 1.29 is 13.2 Å². The normalized spacial score (nSPS) is 17.6. The molecule has 0 aromatic heterocycles. The van der Waals surface area contributed by atoms with Crippen molar-refractivity contribution in [3.05, 3.63) is 51.0 Å². The minimum Gasteiger partial charge on any atom is -0.328 e. The van der Waals surface area contributed by atoms with Crippen molar-refractivity contribution in [1.29, 1.82) is 0 Å². The number of rotatable bonds is 2. The predicted octanol–water partition coefficient (Wildman–Crippen LogP) is 5.38. The fraction of sp³-hybridized carbons (Fsp3) is 0.263. The molecule has 0 saturated carbocycles. The largest absolute Gasteiger partial charge is 0.328 e. The highest BCUT2D eigenvalue weighted by molar-refractivity contribution is 7.90. The zero-order chi connectivity index (χ0) is 20.8. The number of amidine groups is 1. The van der Waals surface area contributed by atoms with E-state index in [1.54, 1.807) is 12.1 Å². The Balaban J connectivity index is 1.73. The second-order valence-electron chi connectivity index (χ2n) is 6.83. The molecule has 2 aromatic carbocycles. The number of nitrogens with one attached hydrogen (secondary N) is 1. The van der Waals surface area contributed by atoms with Gasteiger partial charge in [-0.15, -0.1) is 4.40 Å². The average Bonchev–Trinajstić information content (AvgIpc) is 2.89. The summed E-state index contributed by atoms with van der Waals surface area (Å²) in [6.07, 6.45) is 3.41. The SMILES string of the molecule is O=C(Nc1ccc(Cl)c(Cl)c1)c1cc2c(cc1Cl)N1CCCCCC1=NS2(=O)=O. The molecule has 2 heterocycles. The van der Waals surface area contributed by atoms with Crippen LogP contribution >= 0.6 is 34.8 Å². The second-order valence-corrected chi connectivity index (χ2v) is 9.62. The maximum absolute atomic E-state index is 12.7. The van der Waals surface area contributed by atoms with Crippen LogP contribution < -0.4 is 10.2 Å². The molecule has 0 atom stereocenters. The van der Waals surface area contributed by atoms with Gasteiger partial charge in [0.05, 0.1) is 26.3 Å². The molecule has 0 unspecified atom stereocenters. The molecule has 0 bridgehead atoms. The third-order valence-electron chi connectivity index (χ3n) is 4.86. The lowest BCUT2D eigenvalue weighted by atomic mass is 10.1. The molecule has 1 N–H and O–H groups in total. The van der Waals surface area contributed by atoms with Crippen LogP contribution in [0.4, 0.5) is 11.4 Å². The lowest BCUT2D eigenvalue weighted by molar-refractivity contribution is 0.102. The number of fused-ring (bicyclic) bond motifs is 3. The van der Waals surface area contributed by atoms with Gasteiger partial charge >= 0.3 is 0 Å². The summed E-state index contributed by atoms with van der Waals surface area (Å²) in [7, 11) is -3.92. The molecule has 152 valence electrons. The molecule has 0 spiro atoms. The summed E-state index contributed by atoms with van der Waals surface area (Å²) in [6.45, 7) is 0.659. The summed E-state index contributed by atoms with van der Waals surface area (Å²) in [5.41, 5.74) is 0.912. The average molecular weight is 473 g/mol. The van der Waals surface area contributed by atoms with Crippen LogP contribution in [-0.4, -0.2) is 26.7 Å². The van der Waals surface area contributed by atoms with Gasteiger partial charge in [-0.1, -0.05) is 41.2 Å². The number of sulfonamides is 1. The molecule has 0 radical (unpaired) electrons. The molecule has 0 aliphatic carbocycles. The van der Waals surface area contributed by atoms with E-state index in [0.29, 0.717) is 35.2 Å². The molecule has 10 heteroatoms. The third-order valence-corrected chi connectivity index (χ3v) is 7.24. The lowest BCUT2D eigenvalue weighted by Gasteiger charge is -2.30. The van der Waals surface area contributed by atoms with E-state index in [4.69, 9.17) is 34.8 Å². The first-order valence-electron chi connectivity index (χ1n) is 8.97. The van der Waals surface area contributed by atoms with E-state index >= 15 is 0 Å². The first kappa shape index (κ1) is 20.5. The second kappa shape index (κ2) is 7.80. The highest BCUT2D eigenvalue weighted by Crippen LogP contribution is 2.38. The molecule has 1 fully saturated rings.